The van der Waals surface area contributed by atoms with Gasteiger partial charge in [0.25, 0.3) is 0 Å². The minimum atomic E-state index is 0. The topological polar surface area (TPSA) is 50.9 Å². The van der Waals surface area contributed by atoms with Gasteiger partial charge >= 0.3 is 0 Å². The van der Waals surface area contributed by atoms with E-state index in [0.29, 0.717) is 5.02 Å². The van der Waals surface area contributed by atoms with Crippen LogP contribution in [0.1, 0.15) is 13.3 Å². The van der Waals surface area contributed by atoms with Crippen LogP contribution in [0.2, 0.25) is 5.02 Å². The van der Waals surface area contributed by atoms with E-state index >= 15 is 0 Å². The molecule has 1 aromatic heterocycles. The summed E-state index contributed by atoms with van der Waals surface area (Å²) in [5.41, 5.74) is 5.73. The lowest BCUT2D eigenvalue weighted by Crippen LogP contribution is -2.28. The van der Waals surface area contributed by atoms with E-state index in [9.17, 15) is 0 Å². The van der Waals surface area contributed by atoms with Crippen LogP contribution in [0.3, 0.4) is 0 Å². The van der Waals surface area contributed by atoms with Gasteiger partial charge in [-0.05, 0) is 18.6 Å². The number of pyridine rings is 1. The summed E-state index contributed by atoms with van der Waals surface area (Å²) in [6.07, 6.45) is 2.57. The quantitative estimate of drug-likeness (QED) is 0.898. The average Bonchev–Trinajstić information content (AvgIpc) is 2.16. The molecule has 1 heterocycles. The van der Waals surface area contributed by atoms with Crippen molar-refractivity contribution in [2.45, 2.75) is 19.4 Å². The first-order valence-corrected chi connectivity index (χ1v) is 4.71. The molecule has 0 aliphatic rings. The molecule has 0 aliphatic carbocycles. The Morgan fingerprint density at radius 2 is 2.00 bits per heavy atom. The summed E-state index contributed by atoms with van der Waals surface area (Å²) >= 11 is 5.69. The third-order valence-corrected chi connectivity index (χ3v) is 2.02. The van der Waals surface area contributed by atoms with Crippen molar-refractivity contribution >= 4 is 54.6 Å². The summed E-state index contributed by atoms with van der Waals surface area (Å²) < 4.78 is 0. The number of halogens is 4. The molecule has 0 spiro atoms. The summed E-state index contributed by atoms with van der Waals surface area (Å²) in [4.78, 5) is 4.09. The van der Waals surface area contributed by atoms with Crippen LogP contribution in [0.25, 0.3) is 0 Å². The van der Waals surface area contributed by atoms with Crippen molar-refractivity contribution in [1.82, 2.24) is 4.98 Å². The van der Waals surface area contributed by atoms with Crippen LogP contribution >= 0.6 is 48.8 Å². The van der Waals surface area contributed by atoms with E-state index in [1.54, 1.807) is 12.3 Å². The Hall–Kier alpha value is 0.0700. The molecule has 3 nitrogen and oxygen atoms in total. The Labute approximate surface area is 120 Å². The zero-order chi connectivity index (χ0) is 9.68. The summed E-state index contributed by atoms with van der Waals surface area (Å²) in [6.45, 7) is 2.80. The fourth-order valence-corrected chi connectivity index (χ4v) is 0.972. The summed E-state index contributed by atoms with van der Waals surface area (Å²) in [5.74, 6) is 0.813. The molecule has 16 heavy (non-hydrogen) atoms. The van der Waals surface area contributed by atoms with Crippen molar-refractivity contribution in [1.29, 1.82) is 0 Å². The molecule has 1 aromatic rings. The van der Waals surface area contributed by atoms with Crippen molar-refractivity contribution < 1.29 is 0 Å². The van der Waals surface area contributed by atoms with Gasteiger partial charge in [-0.3, -0.25) is 0 Å². The molecule has 1 rings (SSSR count). The molecule has 0 saturated carbocycles. The highest BCUT2D eigenvalue weighted by Crippen LogP contribution is 2.09. The van der Waals surface area contributed by atoms with Gasteiger partial charge in [0.1, 0.15) is 5.82 Å². The molecule has 96 valence electrons. The number of aromatic nitrogens is 1. The van der Waals surface area contributed by atoms with Crippen LogP contribution in [0.15, 0.2) is 18.3 Å². The number of anilines is 1. The molecule has 0 aromatic carbocycles. The van der Waals surface area contributed by atoms with Crippen LogP contribution < -0.4 is 11.1 Å². The second-order valence-corrected chi connectivity index (χ2v) is 3.35. The van der Waals surface area contributed by atoms with Crippen LogP contribution in [-0.2, 0) is 0 Å². The van der Waals surface area contributed by atoms with Crippen LogP contribution in [0, 0.1) is 0 Å². The minimum absolute atomic E-state index is 0. The summed E-state index contributed by atoms with van der Waals surface area (Å²) in [6, 6.07) is 3.82. The molecule has 0 radical (unpaired) electrons. The highest BCUT2D eigenvalue weighted by Gasteiger charge is 1.98. The highest BCUT2D eigenvalue weighted by molar-refractivity contribution is 6.30. The van der Waals surface area contributed by atoms with Gasteiger partial charge < -0.3 is 11.1 Å². The molecular weight excluding hydrogens is 292 g/mol. The lowest BCUT2D eigenvalue weighted by atomic mass is 10.2. The van der Waals surface area contributed by atoms with E-state index in [0.717, 1.165) is 18.8 Å². The molecular formula is C9H17Cl4N3. The minimum Gasteiger partial charge on any atom is -0.369 e. The van der Waals surface area contributed by atoms with Gasteiger partial charge in [0.15, 0.2) is 0 Å². The van der Waals surface area contributed by atoms with E-state index in [1.165, 1.54) is 0 Å². The van der Waals surface area contributed by atoms with Crippen molar-refractivity contribution in [3.05, 3.63) is 23.4 Å². The number of nitrogens with one attached hydrogen (secondary N) is 1. The molecule has 0 amide bonds. The summed E-state index contributed by atoms with van der Waals surface area (Å²) in [7, 11) is 0. The molecule has 1 atom stereocenters. The Bertz CT molecular complexity index is 255. The van der Waals surface area contributed by atoms with Gasteiger partial charge in [0.05, 0.1) is 5.02 Å². The van der Waals surface area contributed by atoms with E-state index in [1.807, 2.05) is 6.07 Å². The van der Waals surface area contributed by atoms with Crippen molar-refractivity contribution in [2.24, 2.45) is 5.73 Å². The predicted octanol–water partition coefficient (Wildman–Crippen LogP) is 3.15. The lowest BCUT2D eigenvalue weighted by molar-refractivity contribution is 0.678. The van der Waals surface area contributed by atoms with Crippen molar-refractivity contribution in [3.8, 4) is 0 Å². The van der Waals surface area contributed by atoms with E-state index in [4.69, 9.17) is 17.3 Å². The monoisotopic (exact) mass is 307 g/mol. The lowest BCUT2D eigenvalue weighted by Gasteiger charge is -2.10. The van der Waals surface area contributed by atoms with E-state index < -0.39 is 0 Å². The van der Waals surface area contributed by atoms with Crippen LogP contribution in [0.5, 0.6) is 0 Å². The second kappa shape index (κ2) is 11.6. The fourth-order valence-electron chi connectivity index (χ4n) is 0.860. The molecule has 3 N–H and O–H groups in total. The molecule has 7 heteroatoms. The second-order valence-electron chi connectivity index (χ2n) is 2.91. The third-order valence-electron chi connectivity index (χ3n) is 1.80. The van der Waals surface area contributed by atoms with Gasteiger partial charge in [-0.1, -0.05) is 18.5 Å². The first-order valence-electron chi connectivity index (χ1n) is 4.33. The van der Waals surface area contributed by atoms with Gasteiger partial charge in [-0.15, -0.1) is 37.2 Å². The normalized spacial score (nSPS) is 10.2. The maximum Gasteiger partial charge on any atom is 0.126 e. The number of nitrogens with two attached hydrogens (primary N) is 1. The Kier molecular flexibility index (Phi) is 15.4. The Balaban J connectivity index is -0.000000563. The zero-order valence-electron chi connectivity index (χ0n) is 8.85. The maximum absolute atomic E-state index is 5.73. The molecule has 0 fully saturated rings. The highest BCUT2D eigenvalue weighted by atomic mass is 35.5. The Morgan fingerprint density at radius 1 is 1.38 bits per heavy atom. The van der Waals surface area contributed by atoms with E-state index in [2.05, 4.69) is 17.2 Å². The SMILES string of the molecule is CC[C@H](N)CNc1ccc(Cl)cn1.Cl.Cl.Cl. The predicted molar refractivity (Wildman–Crippen MR) is 77.7 cm³/mol. The first-order chi connectivity index (χ1) is 6.22. The summed E-state index contributed by atoms with van der Waals surface area (Å²) in [5, 5.41) is 3.77. The van der Waals surface area contributed by atoms with Gasteiger partial charge in [0.2, 0.25) is 0 Å². The largest absolute Gasteiger partial charge is 0.369 e. The number of hydrogen-bond acceptors (Lipinski definition) is 3. The number of nitrogens with zero attached hydrogens (tertiary/aromatic N) is 1. The van der Waals surface area contributed by atoms with E-state index in [-0.39, 0.29) is 43.3 Å². The molecule has 0 unspecified atom stereocenters. The number of rotatable bonds is 4. The van der Waals surface area contributed by atoms with Crippen LogP contribution in [-0.4, -0.2) is 17.6 Å². The third kappa shape index (κ3) is 8.25. The standard InChI is InChI=1S/C9H14ClN3.3ClH/c1-2-8(11)6-13-9-4-3-7(10)5-12-9;;;/h3-5,8H,2,6,11H2,1H3,(H,12,13);3*1H/t8-;;;/m0.../s1. The fraction of sp³-hybridized carbons (Fsp3) is 0.444. The first kappa shape index (κ1) is 21.4. The molecule has 0 aliphatic heterocycles. The van der Waals surface area contributed by atoms with Gasteiger partial charge in [-0.25, -0.2) is 4.98 Å². The zero-order valence-corrected chi connectivity index (χ0v) is 12.1. The number of hydrogen-bond donors (Lipinski definition) is 2. The van der Waals surface area contributed by atoms with Gasteiger partial charge in [-0.2, -0.15) is 0 Å². The van der Waals surface area contributed by atoms with Crippen LogP contribution in [0.4, 0.5) is 5.82 Å². The molecule has 0 saturated heterocycles. The maximum atomic E-state index is 5.73. The Morgan fingerprint density at radius 3 is 2.44 bits per heavy atom. The van der Waals surface area contributed by atoms with Gasteiger partial charge in [0, 0.05) is 18.8 Å². The smallest absolute Gasteiger partial charge is 0.126 e. The van der Waals surface area contributed by atoms with Crippen molar-refractivity contribution in [2.75, 3.05) is 11.9 Å². The van der Waals surface area contributed by atoms with Crippen molar-refractivity contribution in [3.63, 3.8) is 0 Å². The molecule has 0 bridgehead atoms. The average molecular weight is 309 g/mol.